The Morgan fingerprint density at radius 2 is 2.17 bits per heavy atom. The van der Waals surface area contributed by atoms with Crippen molar-refractivity contribution in [2.24, 2.45) is 5.73 Å². The van der Waals surface area contributed by atoms with E-state index in [1.54, 1.807) is 0 Å². The molecule has 23 heavy (non-hydrogen) atoms. The molecule has 0 aromatic carbocycles. The fourth-order valence-electron chi connectivity index (χ4n) is 2.29. The molecule has 1 fully saturated rings. The summed E-state index contributed by atoms with van der Waals surface area (Å²) in [5.74, 6) is 1.04. The zero-order valence-corrected chi connectivity index (χ0v) is 15.1. The van der Waals surface area contributed by atoms with Crippen molar-refractivity contribution in [3.63, 3.8) is 0 Å². The largest absolute Gasteiger partial charge is 0.333 e. The highest BCUT2D eigenvalue weighted by molar-refractivity contribution is 7.88. The van der Waals surface area contributed by atoms with Crippen LogP contribution in [-0.4, -0.2) is 31.4 Å². The number of hydrogen-bond acceptors (Lipinski definition) is 7. The van der Waals surface area contributed by atoms with E-state index in [0.717, 1.165) is 35.3 Å². The van der Waals surface area contributed by atoms with Crippen LogP contribution < -0.4 is 10.5 Å². The number of sulfonamides is 1. The molecule has 3 rings (SSSR count). The second-order valence-corrected chi connectivity index (χ2v) is 8.62. The van der Waals surface area contributed by atoms with Gasteiger partial charge in [-0.15, -0.1) is 23.7 Å². The summed E-state index contributed by atoms with van der Waals surface area (Å²) >= 11 is 1.51. The average molecular weight is 379 g/mol. The van der Waals surface area contributed by atoms with Crippen molar-refractivity contribution >= 4 is 33.8 Å². The van der Waals surface area contributed by atoms with Crippen LogP contribution in [0.3, 0.4) is 0 Å². The second kappa shape index (κ2) is 6.86. The molecular formula is C13H19ClN4O3S2. The highest BCUT2D eigenvalue weighted by atomic mass is 35.5. The lowest BCUT2D eigenvalue weighted by Crippen LogP contribution is -2.44. The van der Waals surface area contributed by atoms with Crippen molar-refractivity contribution < 1.29 is 12.9 Å². The van der Waals surface area contributed by atoms with Crippen LogP contribution in [0.4, 0.5) is 0 Å². The number of thiophene rings is 1. The molecule has 1 aliphatic rings. The molecule has 128 valence electrons. The third kappa shape index (κ3) is 4.30. The van der Waals surface area contributed by atoms with Crippen LogP contribution in [0.25, 0.3) is 10.8 Å². The van der Waals surface area contributed by atoms with Crippen LogP contribution in [0.15, 0.2) is 16.7 Å². The summed E-state index contributed by atoms with van der Waals surface area (Å²) in [5, 5.41) is 3.99. The maximum Gasteiger partial charge on any atom is 0.268 e. The van der Waals surface area contributed by atoms with Gasteiger partial charge >= 0.3 is 0 Å². The van der Waals surface area contributed by atoms with Crippen LogP contribution in [0.2, 0.25) is 0 Å². The minimum absolute atomic E-state index is 0. The van der Waals surface area contributed by atoms with Gasteiger partial charge in [-0.3, -0.25) is 0 Å². The standard InChI is InChI=1S/C13H18N4O3S2.ClH/c1-22(18,19)15-8-5-9-3-4-10(21-9)11-16-12(17-20-11)13(14)6-2-7-13;/h3-4,15H,2,5-8,14H2,1H3;1H. The van der Waals surface area contributed by atoms with Crippen LogP contribution in [0.5, 0.6) is 0 Å². The molecule has 0 atom stereocenters. The molecule has 1 saturated carbocycles. The van der Waals surface area contributed by atoms with Gasteiger partial charge in [-0.05, 0) is 37.8 Å². The van der Waals surface area contributed by atoms with Gasteiger partial charge in [0.25, 0.3) is 5.89 Å². The van der Waals surface area contributed by atoms with E-state index >= 15 is 0 Å². The van der Waals surface area contributed by atoms with Crippen LogP contribution in [0, 0.1) is 0 Å². The Morgan fingerprint density at radius 3 is 2.78 bits per heavy atom. The number of nitrogens with one attached hydrogen (secondary N) is 1. The van der Waals surface area contributed by atoms with Gasteiger partial charge in [0.1, 0.15) is 0 Å². The van der Waals surface area contributed by atoms with Gasteiger partial charge in [0.15, 0.2) is 5.82 Å². The zero-order chi connectivity index (χ0) is 15.8. The third-order valence-electron chi connectivity index (χ3n) is 3.73. The smallest absolute Gasteiger partial charge is 0.268 e. The molecule has 2 heterocycles. The summed E-state index contributed by atoms with van der Waals surface area (Å²) in [7, 11) is -3.15. The Morgan fingerprint density at radius 1 is 1.43 bits per heavy atom. The number of halogens is 1. The quantitative estimate of drug-likeness (QED) is 0.790. The first-order valence-electron chi connectivity index (χ1n) is 7.03. The van der Waals surface area contributed by atoms with Crippen molar-refractivity contribution in [1.82, 2.24) is 14.9 Å². The average Bonchev–Trinajstić information content (AvgIpc) is 3.02. The summed E-state index contributed by atoms with van der Waals surface area (Å²) < 4.78 is 29.8. The summed E-state index contributed by atoms with van der Waals surface area (Å²) in [6.45, 7) is 0.375. The molecule has 7 nitrogen and oxygen atoms in total. The number of nitrogens with two attached hydrogens (primary N) is 1. The summed E-state index contributed by atoms with van der Waals surface area (Å²) in [5.41, 5.74) is 5.75. The van der Waals surface area contributed by atoms with Crippen molar-refractivity contribution in [3.8, 4) is 10.8 Å². The zero-order valence-electron chi connectivity index (χ0n) is 12.6. The maximum absolute atomic E-state index is 11.0. The molecule has 0 spiro atoms. The van der Waals surface area contributed by atoms with Crippen LogP contribution >= 0.6 is 23.7 Å². The molecule has 0 bridgehead atoms. The molecule has 3 N–H and O–H groups in total. The fourth-order valence-corrected chi connectivity index (χ4v) is 3.70. The van der Waals surface area contributed by atoms with E-state index in [-0.39, 0.29) is 12.4 Å². The van der Waals surface area contributed by atoms with E-state index in [1.807, 2.05) is 12.1 Å². The van der Waals surface area contributed by atoms with E-state index in [9.17, 15) is 8.42 Å². The van der Waals surface area contributed by atoms with Crippen LogP contribution in [-0.2, 0) is 22.0 Å². The van der Waals surface area contributed by atoms with Gasteiger partial charge in [-0.1, -0.05) is 5.16 Å². The van der Waals surface area contributed by atoms with Gasteiger partial charge < -0.3 is 10.3 Å². The normalized spacial score (nSPS) is 16.6. The monoisotopic (exact) mass is 378 g/mol. The Bertz CT molecular complexity index is 768. The lowest BCUT2D eigenvalue weighted by atomic mass is 9.77. The molecule has 10 heteroatoms. The van der Waals surface area contributed by atoms with E-state index in [0.29, 0.717) is 24.7 Å². The summed E-state index contributed by atoms with van der Waals surface area (Å²) in [6.07, 6.45) is 4.64. The second-order valence-electron chi connectivity index (χ2n) is 5.62. The fraction of sp³-hybridized carbons (Fsp3) is 0.538. The summed E-state index contributed by atoms with van der Waals surface area (Å²) in [6, 6.07) is 3.84. The van der Waals surface area contributed by atoms with E-state index in [2.05, 4.69) is 14.9 Å². The Balaban J connectivity index is 0.00000192. The topological polar surface area (TPSA) is 111 Å². The molecule has 0 saturated heterocycles. The first-order chi connectivity index (χ1) is 10.4. The molecule has 2 aromatic rings. The maximum atomic E-state index is 11.0. The molecule has 0 unspecified atom stereocenters. The van der Waals surface area contributed by atoms with Gasteiger partial charge in [0, 0.05) is 11.4 Å². The minimum atomic E-state index is -3.15. The van der Waals surface area contributed by atoms with Crippen molar-refractivity contribution in [1.29, 1.82) is 0 Å². The van der Waals surface area contributed by atoms with E-state index < -0.39 is 15.6 Å². The van der Waals surface area contributed by atoms with E-state index in [4.69, 9.17) is 10.3 Å². The predicted octanol–water partition coefficient (Wildman–Crippen LogP) is 1.65. The van der Waals surface area contributed by atoms with Crippen molar-refractivity contribution in [2.75, 3.05) is 12.8 Å². The Kier molecular flexibility index (Phi) is 5.47. The highest BCUT2D eigenvalue weighted by Crippen LogP contribution is 2.38. The number of rotatable bonds is 6. The first-order valence-corrected chi connectivity index (χ1v) is 9.73. The van der Waals surface area contributed by atoms with Crippen molar-refractivity contribution in [2.45, 2.75) is 31.2 Å². The van der Waals surface area contributed by atoms with E-state index in [1.165, 1.54) is 11.3 Å². The van der Waals surface area contributed by atoms with Crippen LogP contribution in [0.1, 0.15) is 30.0 Å². The molecule has 2 aromatic heterocycles. The lowest BCUT2D eigenvalue weighted by molar-refractivity contribution is 0.229. The summed E-state index contributed by atoms with van der Waals surface area (Å²) in [4.78, 5) is 6.33. The van der Waals surface area contributed by atoms with Crippen molar-refractivity contribution in [3.05, 3.63) is 22.8 Å². The van der Waals surface area contributed by atoms with Gasteiger partial charge in [0.2, 0.25) is 10.0 Å². The third-order valence-corrected chi connectivity index (χ3v) is 5.59. The Hall–Kier alpha value is -1.00. The first kappa shape index (κ1) is 18.3. The minimum Gasteiger partial charge on any atom is -0.333 e. The Labute approximate surface area is 145 Å². The lowest BCUT2D eigenvalue weighted by Gasteiger charge is -2.34. The molecule has 0 amide bonds. The SMILES string of the molecule is CS(=O)(=O)NCCc1ccc(-c2nc(C3(N)CCC3)no2)s1.Cl. The number of hydrogen-bond donors (Lipinski definition) is 2. The predicted molar refractivity (Wildman–Crippen MR) is 91.1 cm³/mol. The molecule has 0 aliphatic heterocycles. The van der Waals surface area contributed by atoms with Gasteiger partial charge in [-0.2, -0.15) is 4.98 Å². The molecule has 1 aliphatic carbocycles. The van der Waals surface area contributed by atoms with Gasteiger partial charge in [0.05, 0.1) is 16.7 Å². The molecule has 0 radical (unpaired) electrons. The number of nitrogens with zero attached hydrogens (tertiary/aromatic N) is 2. The van der Waals surface area contributed by atoms with Gasteiger partial charge in [-0.25, -0.2) is 13.1 Å². The highest BCUT2D eigenvalue weighted by Gasteiger charge is 2.39. The number of aromatic nitrogens is 2. The molecular weight excluding hydrogens is 360 g/mol.